The molecule has 0 aliphatic carbocycles. The van der Waals surface area contributed by atoms with Crippen molar-refractivity contribution in [3.05, 3.63) is 71.3 Å². The first-order valence-corrected chi connectivity index (χ1v) is 6.92. The Kier molecular flexibility index (Phi) is 4.29. The highest BCUT2D eigenvalue weighted by atomic mass is 16.5. The maximum Gasteiger partial charge on any atom is 0.126 e. The second kappa shape index (κ2) is 5.96. The number of methoxy groups -OCH3 is 1. The van der Waals surface area contributed by atoms with Crippen molar-refractivity contribution in [3.63, 3.8) is 0 Å². The zero-order valence-corrected chi connectivity index (χ0v) is 12.7. The van der Waals surface area contributed by atoms with Crippen molar-refractivity contribution in [2.24, 2.45) is 0 Å². The molecular formula is C19H22O. The van der Waals surface area contributed by atoms with Gasteiger partial charge in [-0.05, 0) is 22.6 Å². The fraction of sp³-hybridized carbons (Fsp3) is 0.263. The number of hydrogen-bond acceptors (Lipinski definition) is 1. The quantitative estimate of drug-likeness (QED) is 0.553. The Morgan fingerprint density at radius 1 is 0.900 bits per heavy atom. The summed E-state index contributed by atoms with van der Waals surface area (Å²) in [6, 6.07) is 18.8. The van der Waals surface area contributed by atoms with Crippen molar-refractivity contribution < 1.29 is 4.74 Å². The molecule has 1 heteroatoms. The van der Waals surface area contributed by atoms with E-state index in [0.717, 1.165) is 16.9 Å². The van der Waals surface area contributed by atoms with Crippen LogP contribution < -0.4 is 0 Å². The van der Waals surface area contributed by atoms with Gasteiger partial charge in [-0.3, -0.25) is 0 Å². The van der Waals surface area contributed by atoms with Gasteiger partial charge in [-0.1, -0.05) is 75.4 Å². The normalized spacial score (nSPS) is 12.3. The van der Waals surface area contributed by atoms with E-state index >= 15 is 0 Å². The number of hydrogen-bond donors (Lipinski definition) is 0. The molecule has 0 aliphatic heterocycles. The standard InChI is InChI=1S/C19H22O/c1-19(2,3)17-12-10-16(11-13-17)18(20-4)14-15-8-6-5-7-9-15/h5-14H,1-4H3/b18-14-. The van der Waals surface area contributed by atoms with E-state index in [1.165, 1.54) is 5.56 Å². The van der Waals surface area contributed by atoms with E-state index in [-0.39, 0.29) is 5.41 Å². The summed E-state index contributed by atoms with van der Waals surface area (Å²) in [4.78, 5) is 0. The first-order valence-electron chi connectivity index (χ1n) is 6.92. The van der Waals surface area contributed by atoms with Gasteiger partial charge < -0.3 is 4.74 Å². The Labute approximate surface area is 121 Å². The van der Waals surface area contributed by atoms with E-state index in [4.69, 9.17) is 4.74 Å². The monoisotopic (exact) mass is 266 g/mol. The van der Waals surface area contributed by atoms with Crippen LogP contribution in [0.1, 0.15) is 37.5 Å². The molecule has 1 nitrogen and oxygen atoms in total. The van der Waals surface area contributed by atoms with E-state index in [0.29, 0.717) is 0 Å². The third-order valence-corrected chi connectivity index (χ3v) is 3.35. The summed E-state index contributed by atoms with van der Waals surface area (Å²) in [5.74, 6) is 0.886. The lowest BCUT2D eigenvalue weighted by Gasteiger charge is -2.19. The van der Waals surface area contributed by atoms with Gasteiger partial charge in [0.15, 0.2) is 0 Å². The van der Waals surface area contributed by atoms with Crippen LogP contribution >= 0.6 is 0 Å². The molecule has 104 valence electrons. The van der Waals surface area contributed by atoms with Crippen LogP contribution in [0.4, 0.5) is 0 Å². The Morgan fingerprint density at radius 2 is 1.50 bits per heavy atom. The summed E-state index contributed by atoms with van der Waals surface area (Å²) in [6.07, 6.45) is 2.06. The summed E-state index contributed by atoms with van der Waals surface area (Å²) in [6.45, 7) is 6.66. The minimum Gasteiger partial charge on any atom is -0.496 e. The highest BCUT2D eigenvalue weighted by Crippen LogP contribution is 2.25. The number of rotatable bonds is 3. The molecule has 0 spiro atoms. The van der Waals surface area contributed by atoms with Gasteiger partial charge in [-0.25, -0.2) is 0 Å². The first kappa shape index (κ1) is 14.4. The van der Waals surface area contributed by atoms with Crippen molar-refractivity contribution in [1.29, 1.82) is 0 Å². The minimum atomic E-state index is 0.176. The molecule has 0 saturated heterocycles. The molecule has 0 fully saturated rings. The first-order chi connectivity index (χ1) is 9.50. The molecule has 2 aromatic carbocycles. The molecule has 0 bridgehead atoms. The van der Waals surface area contributed by atoms with Gasteiger partial charge in [0, 0.05) is 5.56 Å². The Hall–Kier alpha value is -2.02. The summed E-state index contributed by atoms with van der Waals surface area (Å²) < 4.78 is 5.53. The molecule has 0 unspecified atom stereocenters. The summed E-state index contributed by atoms with van der Waals surface area (Å²) in [5.41, 5.74) is 3.75. The van der Waals surface area contributed by atoms with E-state index < -0.39 is 0 Å². The fourth-order valence-electron chi connectivity index (χ4n) is 2.10. The lowest BCUT2D eigenvalue weighted by Crippen LogP contribution is -2.10. The van der Waals surface area contributed by atoms with Gasteiger partial charge in [0.25, 0.3) is 0 Å². The fourth-order valence-corrected chi connectivity index (χ4v) is 2.10. The molecule has 0 saturated carbocycles. The maximum absolute atomic E-state index is 5.53. The zero-order valence-electron chi connectivity index (χ0n) is 12.7. The molecule has 0 radical (unpaired) electrons. The average Bonchev–Trinajstić information content (AvgIpc) is 2.45. The SMILES string of the molecule is CO/C(=C\c1ccccc1)c1ccc(C(C)(C)C)cc1. The molecule has 0 aliphatic rings. The van der Waals surface area contributed by atoms with Gasteiger partial charge in [-0.15, -0.1) is 0 Å². The van der Waals surface area contributed by atoms with Crippen molar-refractivity contribution in [1.82, 2.24) is 0 Å². The number of ether oxygens (including phenoxy) is 1. The average molecular weight is 266 g/mol. The van der Waals surface area contributed by atoms with Crippen molar-refractivity contribution in [2.75, 3.05) is 7.11 Å². The smallest absolute Gasteiger partial charge is 0.126 e. The van der Waals surface area contributed by atoms with Crippen LogP contribution in [0, 0.1) is 0 Å². The maximum atomic E-state index is 5.53. The largest absolute Gasteiger partial charge is 0.496 e. The van der Waals surface area contributed by atoms with E-state index in [9.17, 15) is 0 Å². The second-order valence-electron chi connectivity index (χ2n) is 5.95. The molecule has 0 atom stereocenters. The number of benzene rings is 2. The summed E-state index contributed by atoms with van der Waals surface area (Å²) >= 11 is 0. The Balaban J connectivity index is 2.31. The van der Waals surface area contributed by atoms with Crippen LogP contribution in [0.3, 0.4) is 0 Å². The minimum absolute atomic E-state index is 0.176. The van der Waals surface area contributed by atoms with Crippen LogP contribution in [0.2, 0.25) is 0 Å². The highest BCUT2D eigenvalue weighted by Gasteiger charge is 2.13. The molecule has 20 heavy (non-hydrogen) atoms. The predicted molar refractivity (Wildman–Crippen MR) is 86.5 cm³/mol. The van der Waals surface area contributed by atoms with Gasteiger partial charge in [0.2, 0.25) is 0 Å². The zero-order chi connectivity index (χ0) is 14.6. The summed E-state index contributed by atoms with van der Waals surface area (Å²) in [5, 5.41) is 0. The molecule has 0 N–H and O–H groups in total. The van der Waals surface area contributed by atoms with Crippen molar-refractivity contribution in [2.45, 2.75) is 26.2 Å². The Morgan fingerprint density at radius 3 is 2.00 bits per heavy atom. The van der Waals surface area contributed by atoms with Crippen LogP contribution in [-0.2, 0) is 10.2 Å². The van der Waals surface area contributed by atoms with Crippen LogP contribution in [0.5, 0.6) is 0 Å². The van der Waals surface area contributed by atoms with Gasteiger partial charge in [-0.2, -0.15) is 0 Å². The molecule has 2 rings (SSSR count). The van der Waals surface area contributed by atoms with Gasteiger partial charge in [0.05, 0.1) is 7.11 Å². The molecule has 0 aromatic heterocycles. The van der Waals surface area contributed by atoms with E-state index in [1.54, 1.807) is 7.11 Å². The topological polar surface area (TPSA) is 9.23 Å². The van der Waals surface area contributed by atoms with Crippen LogP contribution in [0.15, 0.2) is 54.6 Å². The van der Waals surface area contributed by atoms with Crippen LogP contribution in [0.25, 0.3) is 11.8 Å². The second-order valence-corrected chi connectivity index (χ2v) is 5.95. The summed E-state index contributed by atoms with van der Waals surface area (Å²) in [7, 11) is 1.71. The molecule has 2 aromatic rings. The van der Waals surface area contributed by atoms with E-state index in [2.05, 4.69) is 63.2 Å². The highest BCUT2D eigenvalue weighted by molar-refractivity contribution is 5.77. The third-order valence-electron chi connectivity index (χ3n) is 3.35. The lowest BCUT2D eigenvalue weighted by molar-refractivity contribution is 0.372. The van der Waals surface area contributed by atoms with Crippen LogP contribution in [-0.4, -0.2) is 7.11 Å². The lowest BCUT2D eigenvalue weighted by atomic mass is 9.86. The molecular weight excluding hydrogens is 244 g/mol. The predicted octanol–water partition coefficient (Wildman–Crippen LogP) is 5.13. The van der Waals surface area contributed by atoms with Gasteiger partial charge >= 0.3 is 0 Å². The molecule has 0 amide bonds. The van der Waals surface area contributed by atoms with Crippen molar-refractivity contribution >= 4 is 11.8 Å². The molecule has 0 heterocycles. The Bertz CT molecular complexity index is 571. The van der Waals surface area contributed by atoms with E-state index in [1.807, 2.05) is 18.2 Å². The third kappa shape index (κ3) is 3.51. The van der Waals surface area contributed by atoms with Crippen molar-refractivity contribution in [3.8, 4) is 0 Å². The van der Waals surface area contributed by atoms with Gasteiger partial charge in [0.1, 0.15) is 5.76 Å².